The van der Waals surface area contributed by atoms with Crippen LogP contribution in [0.2, 0.25) is 0 Å². The number of methoxy groups -OCH3 is 2. The van der Waals surface area contributed by atoms with E-state index in [-0.39, 0.29) is 16.3 Å². The molecular formula is C18H21FN2O5S. The van der Waals surface area contributed by atoms with Crippen molar-refractivity contribution in [2.24, 2.45) is 0 Å². The number of halogens is 1. The number of aryl methyl sites for hydroxylation is 1. The molecule has 0 aromatic heterocycles. The summed E-state index contributed by atoms with van der Waals surface area (Å²) in [4.78, 5) is 12.2. The Morgan fingerprint density at radius 2 is 1.78 bits per heavy atom. The molecule has 0 radical (unpaired) electrons. The Morgan fingerprint density at radius 1 is 1.11 bits per heavy atom. The number of benzene rings is 2. The molecule has 146 valence electrons. The van der Waals surface area contributed by atoms with Crippen molar-refractivity contribution in [3.63, 3.8) is 0 Å². The molecule has 2 aromatic carbocycles. The van der Waals surface area contributed by atoms with Gasteiger partial charge in [-0.3, -0.25) is 4.79 Å². The minimum atomic E-state index is -3.94. The fourth-order valence-corrected chi connectivity index (χ4v) is 3.51. The molecule has 0 atom stereocenters. The van der Waals surface area contributed by atoms with Crippen molar-refractivity contribution >= 4 is 21.6 Å². The molecule has 0 bridgehead atoms. The number of hydrogen-bond acceptors (Lipinski definition) is 5. The fourth-order valence-electron chi connectivity index (χ4n) is 2.36. The zero-order valence-corrected chi connectivity index (χ0v) is 16.3. The number of sulfonamides is 1. The molecule has 7 nitrogen and oxygen atoms in total. The number of rotatable bonds is 7. The van der Waals surface area contributed by atoms with E-state index < -0.39 is 28.3 Å². The van der Waals surface area contributed by atoms with Crippen LogP contribution in [0.4, 0.5) is 10.1 Å². The normalized spacial score (nSPS) is 11.3. The number of hydrogen-bond donors (Lipinski definition) is 1. The molecule has 2 aromatic rings. The van der Waals surface area contributed by atoms with E-state index in [2.05, 4.69) is 5.32 Å². The van der Waals surface area contributed by atoms with Crippen molar-refractivity contribution in [2.45, 2.75) is 11.8 Å². The van der Waals surface area contributed by atoms with Crippen LogP contribution >= 0.6 is 0 Å². The van der Waals surface area contributed by atoms with Crippen LogP contribution in [0.15, 0.2) is 41.3 Å². The topological polar surface area (TPSA) is 84.9 Å². The number of carbonyl (C=O) groups excluding carboxylic acids is 1. The molecule has 1 N–H and O–H groups in total. The summed E-state index contributed by atoms with van der Waals surface area (Å²) in [6.45, 7) is 1.27. The highest BCUT2D eigenvalue weighted by molar-refractivity contribution is 7.89. The molecule has 0 heterocycles. The second-order valence-corrected chi connectivity index (χ2v) is 7.83. The fraction of sp³-hybridized carbons (Fsp3) is 0.278. The molecule has 0 aliphatic heterocycles. The van der Waals surface area contributed by atoms with Gasteiger partial charge in [-0.05, 0) is 36.8 Å². The summed E-state index contributed by atoms with van der Waals surface area (Å²) in [6, 6.07) is 8.13. The summed E-state index contributed by atoms with van der Waals surface area (Å²) in [6.07, 6.45) is 0. The van der Waals surface area contributed by atoms with Gasteiger partial charge in [-0.1, -0.05) is 6.07 Å². The second kappa shape index (κ2) is 8.36. The second-order valence-electron chi connectivity index (χ2n) is 5.79. The van der Waals surface area contributed by atoms with Crippen LogP contribution in [0.3, 0.4) is 0 Å². The van der Waals surface area contributed by atoms with Crippen molar-refractivity contribution in [3.8, 4) is 11.5 Å². The van der Waals surface area contributed by atoms with Gasteiger partial charge in [-0.2, -0.15) is 4.31 Å². The zero-order valence-electron chi connectivity index (χ0n) is 15.4. The van der Waals surface area contributed by atoms with Gasteiger partial charge in [0.2, 0.25) is 15.9 Å². The van der Waals surface area contributed by atoms with E-state index in [1.807, 2.05) is 0 Å². The van der Waals surface area contributed by atoms with E-state index in [9.17, 15) is 17.6 Å². The molecule has 27 heavy (non-hydrogen) atoms. The molecule has 9 heteroatoms. The highest BCUT2D eigenvalue weighted by Gasteiger charge is 2.24. The first kappa shape index (κ1) is 20.7. The Balaban J connectivity index is 2.17. The summed E-state index contributed by atoms with van der Waals surface area (Å²) in [5.41, 5.74) is 0.951. The van der Waals surface area contributed by atoms with Crippen LogP contribution in [-0.4, -0.2) is 46.4 Å². The van der Waals surface area contributed by atoms with Crippen LogP contribution in [0.5, 0.6) is 11.5 Å². The predicted molar refractivity (Wildman–Crippen MR) is 99.1 cm³/mol. The lowest BCUT2D eigenvalue weighted by Gasteiger charge is -2.18. The van der Waals surface area contributed by atoms with E-state index in [0.29, 0.717) is 11.3 Å². The van der Waals surface area contributed by atoms with Crippen LogP contribution in [0.1, 0.15) is 5.56 Å². The Hall–Kier alpha value is -2.65. The van der Waals surface area contributed by atoms with Gasteiger partial charge in [0.05, 0.1) is 25.7 Å². The number of amides is 1. The lowest BCUT2D eigenvalue weighted by Crippen LogP contribution is -2.35. The summed E-state index contributed by atoms with van der Waals surface area (Å²) >= 11 is 0. The van der Waals surface area contributed by atoms with E-state index >= 15 is 0 Å². The first-order chi connectivity index (χ1) is 12.7. The van der Waals surface area contributed by atoms with Gasteiger partial charge in [-0.25, -0.2) is 12.8 Å². The molecule has 0 aliphatic carbocycles. The van der Waals surface area contributed by atoms with E-state index in [0.717, 1.165) is 4.31 Å². The Bertz CT molecular complexity index is 947. The Morgan fingerprint density at radius 3 is 2.41 bits per heavy atom. The molecule has 0 fully saturated rings. The highest BCUT2D eigenvalue weighted by atomic mass is 32.2. The SMILES string of the molecule is COc1ccc(S(=O)(=O)N(C)CC(=O)Nc2cc(F)ccc2C)cc1OC. The number of nitrogens with zero attached hydrogens (tertiary/aromatic N) is 1. The number of anilines is 1. The molecule has 0 unspecified atom stereocenters. The minimum absolute atomic E-state index is 0.0441. The minimum Gasteiger partial charge on any atom is -0.493 e. The predicted octanol–water partition coefficient (Wildman–Crippen LogP) is 2.41. The molecule has 0 saturated carbocycles. The standard InChI is InChI=1S/C18H21FN2O5S/c1-12-5-6-13(19)9-15(12)20-18(22)11-21(2)27(23,24)14-7-8-16(25-3)17(10-14)26-4/h5-10H,11H2,1-4H3,(H,20,22). The van der Waals surface area contributed by atoms with Gasteiger partial charge in [0, 0.05) is 18.8 Å². The number of carbonyl (C=O) groups is 1. The zero-order chi connectivity index (χ0) is 20.2. The Labute approximate surface area is 157 Å². The molecule has 0 spiro atoms. The van der Waals surface area contributed by atoms with Crippen molar-refractivity contribution in [3.05, 3.63) is 47.8 Å². The van der Waals surface area contributed by atoms with Crippen molar-refractivity contribution in [1.29, 1.82) is 0 Å². The van der Waals surface area contributed by atoms with E-state index in [1.165, 1.54) is 57.7 Å². The van der Waals surface area contributed by atoms with Crippen LogP contribution in [-0.2, 0) is 14.8 Å². The average molecular weight is 396 g/mol. The third kappa shape index (κ3) is 4.75. The van der Waals surface area contributed by atoms with Crippen LogP contribution < -0.4 is 14.8 Å². The Kier molecular flexibility index (Phi) is 6.40. The summed E-state index contributed by atoms with van der Waals surface area (Å²) in [5.74, 6) is -0.442. The third-order valence-corrected chi connectivity index (χ3v) is 5.70. The van der Waals surface area contributed by atoms with Crippen molar-refractivity contribution in [2.75, 3.05) is 33.1 Å². The number of nitrogens with one attached hydrogen (secondary N) is 1. The molecule has 2 rings (SSSR count). The first-order valence-corrected chi connectivity index (χ1v) is 9.37. The summed E-state index contributed by atoms with van der Waals surface area (Å²) in [5, 5.41) is 2.52. The lowest BCUT2D eigenvalue weighted by atomic mass is 10.2. The molecule has 0 aliphatic rings. The highest BCUT2D eigenvalue weighted by Crippen LogP contribution is 2.30. The first-order valence-electron chi connectivity index (χ1n) is 7.93. The van der Waals surface area contributed by atoms with Crippen LogP contribution in [0, 0.1) is 12.7 Å². The monoisotopic (exact) mass is 396 g/mol. The van der Waals surface area contributed by atoms with Gasteiger partial charge < -0.3 is 14.8 Å². The molecular weight excluding hydrogens is 375 g/mol. The van der Waals surface area contributed by atoms with Gasteiger partial charge in [-0.15, -0.1) is 0 Å². The van der Waals surface area contributed by atoms with E-state index in [1.54, 1.807) is 6.92 Å². The maximum absolute atomic E-state index is 13.3. The lowest BCUT2D eigenvalue weighted by molar-refractivity contribution is -0.116. The maximum Gasteiger partial charge on any atom is 0.243 e. The largest absolute Gasteiger partial charge is 0.493 e. The quantitative estimate of drug-likeness (QED) is 0.777. The molecule has 0 saturated heterocycles. The van der Waals surface area contributed by atoms with Gasteiger partial charge >= 0.3 is 0 Å². The molecule has 1 amide bonds. The van der Waals surface area contributed by atoms with Crippen LogP contribution in [0.25, 0.3) is 0 Å². The number of likely N-dealkylation sites (N-methyl/N-ethyl adjacent to an activating group) is 1. The summed E-state index contributed by atoms with van der Waals surface area (Å²) < 4.78 is 49.8. The average Bonchev–Trinajstić information content (AvgIpc) is 2.63. The third-order valence-electron chi connectivity index (χ3n) is 3.90. The number of ether oxygens (including phenoxy) is 2. The van der Waals surface area contributed by atoms with Gasteiger partial charge in [0.1, 0.15) is 5.82 Å². The summed E-state index contributed by atoms with van der Waals surface area (Å²) in [7, 11) is 0.179. The van der Waals surface area contributed by atoms with Crippen molar-refractivity contribution in [1.82, 2.24) is 4.31 Å². The van der Waals surface area contributed by atoms with Gasteiger partial charge in [0.25, 0.3) is 0 Å². The maximum atomic E-state index is 13.3. The van der Waals surface area contributed by atoms with Gasteiger partial charge in [0.15, 0.2) is 11.5 Å². The van der Waals surface area contributed by atoms with Crippen molar-refractivity contribution < 1.29 is 27.1 Å². The van der Waals surface area contributed by atoms with E-state index in [4.69, 9.17) is 9.47 Å². The smallest absolute Gasteiger partial charge is 0.243 e.